The maximum Gasteiger partial charge on any atom is 0.272 e. The monoisotopic (exact) mass is 435 g/mol. The molecule has 0 bridgehead atoms. The van der Waals surface area contributed by atoms with Gasteiger partial charge in [-0.15, -0.1) is 0 Å². The number of aromatic nitrogens is 3. The first-order valence-electron chi connectivity index (χ1n) is 12.1. The molecular weight excluding hydrogens is 402 g/mol. The van der Waals surface area contributed by atoms with Crippen molar-refractivity contribution in [2.24, 2.45) is 5.92 Å². The summed E-state index contributed by atoms with van der Waals surface area (Å²) in [6.45, 7) is 5.40. The lowest BCUT2D eigenvalue weighted by Crippen LogP contribution is -2.44. The molecule has 0 atom stereocenters. The summed E-state index contributed by atoms with van der Waals surface area (Å²) in [5, 5.41) is 0. The molecule has 2 aliphatic heterocycles. The van der Waals surface area contributed by atoms with Gasteiger partial charge in [-0.1, -0.05) is 13.0 Å². The number of nitrogens with zero attached hydrogens (tertiary/aromatic N) is 4. The Kier molecular flexibility index (Phi) is 6.09. The quantitative estimate of drug-likeness (QED) is 0.801. The lowest BCUT2D eigenvalue weighted by molar-refractivity contribution is 0.0705. The molecule has 2 fully saturated rings. The number of nitrogens with one attached hydrogen (secondary N) is 1. The van der Waals surface area contributed by atoms with Crippen molar-refractivity contribution in [2.75, 3.05) is 19.6 Å². The topological polar surface area (TPSA) is 82.2 Å². The Balaban J connectivity index is 1.24. The summed E-state index contributed by atoms with van der Waals surface area (Å²) < 4.78 is 0. The molecule has 0 radical (unpaired) electrons. The minimum atomic E-state index is -0.0202. The number of carbonyl (C=O) groups excluding carboxylic acids is 1. The molecule has 3 aliphatic rings. The number of pyridine rings is 1. The molecule has 32 heavy (non-hydrogen) atoms. The second kappa shape index (κ2) is 9.14. The van der Waals surface area contributed by atoms with E-state index in [9.17, 15) is 9.59 Å². The zero-order chi connectivity index (χ0) is 22.1. The molecule has 2 aromatic heterocycles. The smallest absolute Gasteiger partial charge is 0.272 e. The number of fused-ring (bicyclic) bond motifs is 1. The first-order valence-corrected chi connectivity index (χ1v) is 12.1. The van der Waals surface area contributed by atoms with Crippen molar-refractivity contribution in [3.8, 4) is 0 Å². The predicted octanol–water partition coefficient (Wildman–Crippen LogP) is 3.12. The van der Waals surface area contributed by atoms with Crippen molar-refractivity contribution in [1.82, 2.24) is 24.8 Å². The number of hydrogen-bond donors (Lipinski definition) is 1. The summed E-state index contributed by atoms with van der Waals surface area (Å²) >= 11 is 0. The first-order chi connectivity index (χ1) is 15.6. The van der Waals surface area contributed by atoms with E-state index in [0.717, 1.165) is 55.4 Å². The third-order valence-electron chi connectivity index (χ3n) is 7.67. The molecule has 4 heterocycles. The number of piperidine rings is 1. The predicted molar refractivity (Wildman–Crippen MR) is 123 cm³/mol. The van der Waals surface area contributed by atoms with Crippen molar-refractivity contribution in [2.45, 2.75) is 70.4 Å². The minimum Gasteiger partial charge on any atom is -0.337 e. The number of carbonyl (C=O) groups is 1. The van der Waals surface area contributed by atoms with Gasteiger partial charge in [0, 0.05) is 50.8 Å². The molecule has 0 spiro atoms. The Hall–Kier alpha value is -2.54. The molecule has 170 valence electrons. The van der Waals surface area contributed by atoms with Crippen LogP contribution in [0.2, 0.25) is 0 Å². The summed E-state index contributed by atoms with van der Waals surface area (Å²) in [4.78, 5) is 42.2. The van der Waals surface area contributed by atoms with Crippen molar-refractivity contribution in [3.05, 3.63) is 57.5 Å². The average Bonchev–Trinajstić information content (AvgIpc) is 2.84. The highest BCUT2D eigenvalue weighted by atomic mass is 16.2. The van der Waals surface area contributed by atoms with Crippen LogP contribution < -0.4 is 5.56 Å². The summed E-state index contributed by atoms with van der Waals surface area (Å²) in [6, 6.07) is 6.02. The molecule has 7 nitrogen and oxygen atoms in total. The van der Waals surface area contributed by atoms with E-state index in [-0.39, 0.29) is 17.4 Å². The van der Waals surface area contributed by atoms with Gasteiger partial charge >= 0.3 is 0 Å². The van der Waals surface area contributed by atoms with Crippen molar-refractivity contribution in [3.63, 3.8) is 0 Å². The summed E-state index contributed by atoms with van der Waals surface area (Å²) in [5.41, 5.74) is 2.37. The van der Waals surface area contributed by atoms with Gasteiger partial charge in [-0.2, -0.15) is 0 Å². The molecule has 0 aromatic carbocycles. The van der Waals surface area contributed by atoms with Gasteiger partial charge in [-0.05, 0) is 56.6 Å². The van der Waals surface area contributed by atoms with E-state index in [1.54, 1.807) is 12.3 Å². The molecule has 0 unspecified atom stereocenters. The summed E-state index contributed by atoms with van der Waals surface area (Å²) in [6.07, 6.45) is 9.21. The molecular formula is C25H33N5O2. The Morgan fingerprint density at radius 3 is 2.56 bits per heavy atom. The van der Waals surface area contributed by atoms with E-state index < -0.39 is 0 Å². The van der Waals surface area contributed by atoms with Crippen molar-refractivity contribution in [1.29, 1.82) is 0 Å². The number of rotatable bonds is 3. The molecule has 2 aromatic rings. The maximum atomic E-state index is 13.0. The largest absolute Gasteiger partial charge is 0.337 e. The molecule has 1 saturated heterocycles. The SMILES string of the molecule is CC1CCC(N2CCc3nc(C4CCN(C(=O)c5ccccn5)CC4)[nH]c(=O)c3C2)CC1. The average molecular weight is 436 g/mol. The highest BCUT2D eigenvalue weighted by Crippen LogP contribution is 2.31. The fourth-order valence-corrected chi connectivity index (χ4v) is 5.59. The standard InChI is InChI=1S/C25H33N5O2/c1-17-5-7-19(8-6-17)30-15-11-21-20(16-30)24(31)28-23(27-21)18-9-13-29(14-10-18)25(32)22-4-2-3-12-26-22/h2-4,12,17-19H,5-11,13-16H2,1H3,(H,27,28,31). The third kappa shape index (κ3) is 4.35. The Bertz CT molecular complexity index is 1000. The normalized spacial score (nSPS) is 24.8. The Morgan fingerprint density at radius 1 is 1.06 bits per heavy atom. The van der Waals surface area contributed by atoms with Gasteiger partial charge in [0.25, 0.3) is 11.5 Å². The van der Waals surface area contributed by atoms with Crippen LogP contribution in [0.15, 0.2) is 29.2 Å². The third-order valence-corrected chi connectivity index (χ3v) is 7.67. The van der Waals surface area contributed by atoms with Gasteiger partial charge in [0.2, 0.25) is 0 Å². The zero-order valence-electron chi connectivity index (χ0n) is 18.9. The zero-order valence-corrected chi connectivity index (χ0v) is 18.9. The second-order valence-corrected chi connectivity index (χ2v) is 9.79. The van der Waals surface area contributed by atoms with E-state index >= 15 is 0 Å². The summed E-state index contributed by atoms with van der Waals surface area (Å²) in [7, 11) is 0. The van der Waals surface area contributed by atoms with Crippen LogP contribution in [0, 0.1) is 5.92 Å². The lowest BCUT2D eigenvalue weighted by Gasteiger charge is -2.38. The van der Waals surface area contributed by atoms with Crippen LogP contribution in [-0.4, -0.2) is 56.3 Å². The van der Waals surface area contributed by atoms with Gasteiger partial charge in [-0.3, -0.25) is 19.5 Å². The van der Waals surface area contributed by atoms with Crippen LogP contribution in [0.5, 0.6) is 0 Å². The number of H-pyrrole nitrogens is 1. The minimum absolute atomic E-state index is 0.0202. The Labute approximate surface area is 189 Å². The van der Waals surface area contributed by atoms with Gasteiger partial charge in [0.1, 0.15) is 11.5 Å². The van der Waals surface area contributed by atoms with Crippen LogP contribution in [0.4, 0.5) is 0 Å². The molecule has 1 aliphatic carbocycles. The van der Waals surface area contributed by atoms with E-state index in [1.807, 2.05) is 17.0 Å². The van der Waals surface area contributed by atoms with E-state index in [2.05, 4.69) is 21.8 Å². The highest BCUT2D eigenvalue weighted by Gasteiger charge is 2.31. The number of hydrogen-bond acceptors (Lipinski definition) is 5. The highest BCUT2D eigenvalue weighted by molar-refractivity contribution is 5.92. The van der Waals surface area contributed by atoms with Crippen molar-refractivity contribution >= 4 is 5.91 Å². The van der Waals surface area contributed by atoms with Crippen LogP contribution in [0.1, 0.15) is 78.9 Å². The Morgan fingerprint density at radius 2 is 1.84 bits per heavy atom. The second-order valence-electron chi connectivity index (χ2n) is 9.79. The van der Waals surface area contributed by atoms with Gasteiger partial charge in [-0.25, -0.2) is 4.98 Å². The fraction of sp³-hybridized carbons (Fsp3) is 0.600. The molecule has 5 rings (SSSR count). The van der Waals surface area contributed by atoms with Crippen LogP contribution in [-0.2, 0) is 13.0 Å². The lowest BCUT2D eigenvalue weighted by atomic mass is 9.86. The molecule has 7 heteroatoms. The number of likely N-dealkylation sites (tertiary alicyclic amines) is 1. The van der Waals surface area contributed by atoms with Crippen LogP contribution >= 0.6 is 0 Å². The van der Waals surface area contributed by atoms with E-state index in [0.29, 0.717) is 24.8 Å². The first kappa shape index (κ1) is 21.3. The number of aromatic amines is 1. The molecule has 1 saturated carbocycles. The van der Waals surface area contributed by atoms with Crippen LogP contribution in [0.3, 0.4) is 0 Å². The molecule has 1 N–H and O–H groups in total. The maximum absolute atomic E-state index is 13.0. The van der Waals surface area contributed by atoms with E-state index in [1.165, 1.54) is 25.7 Å². The summed E-state index contributed by atoms with van der Waals surface area (Å²) in [5.74, 6) is 1.81. The fourth-order valence-electron chi connectivity index (χ4n) is 5.59. The van der Waals surface area contributed by atoms with Crippen molar-refractivity contribution < 1.29 is 4.79 Å². The van der Waals surface area contributed by atoms with E-state index in [4.69, 9.17) is 4.98 Å². The van der Waals surface area contributed by atoms with Crippen LogP contribution in [0.25, 0.3) is 0 Å². The van der Waals surface area contributed by atoms with Gasteiger partial charge in [0.15, 0.2) is 0 Å². The van der Waals surface area contributed by atoms with Gasteiger partial charge < -0.3 is 9.88 Å². The number of amides is 1. The van der Waals surface area contributed by atoms with Gasteiger partial charge in [0.05, 0.1) is 11.3 Å². The molecule has 1 amide bonds.